The Morgan fingerprint density at radius 2 is 1.52 bits per heavy atom. The van der Waals surface area contributed by atoms with Gasteiger partial charge < -0.3 is 42.7 Å². The van der Waals surface area contributed by atoms with Crippen LogP contribution in [0.3, 0.4) is 0 Å². The number of hydrogen-bond acceptors (Lipinski definition) is 13. The Morgan fingerprint density at radius 3 is 2.26 bits per heavy atom. The molecule has 13 nitrogen and oxygen atoms in total. The van der Waals surface area contributed by atoms with Gasteiger partial charge in [0, 0.05) is 38.7 Å². The molecule has 386 valence electrons. The molecular formula is C54H82O13SSi. The predicted octanol–water partition coefficient (Wildman–Crippen LogP) is 9.07. The van der Waals surface area contributed by atoms with Gasteiger partial charge in [-0.25, -0.2) is 0 Å². The van der Waals surface area contributed by atoms with Gasteiger partial charge in [-0.1, -0.05) is 72.4 Å². The average molecular weight is 999 g/mol. The predicted molar refractivity (Wildman–Crippen MR) is 262 cm³/mol. The first-order valence-electron chi connectivity index (χ1n) is 26.3. The molecule has 0 saturated carbocycles. The maximum Gasteiger partial charge on any atom is 0.297 e. The number of aliphatic hydroxyl groups excluding tert-OH is 1. The Hall–Kier alpha value is -1.86. The first-order chi connectivity index (χ1) is 32.5. The molecule has 1 aromatic carbocycles. The van der Waals surface area contributed by atoms with Crippen LogP contribution in [-0.2, 0) is 56.7 Å². The second-order valence-electron chi connectivity index (χ2n) is 24.1. The summed E-state index contributed by atoms with van der Waals surface area (Å²) in [7, 11) is -6.13. The van der Waals surface area contributed by atoms with Crippen molar-refractivity contribution in [3.8, 4) is 0 Å². The summed E-state index contributed by atoms with van der Waals surface area (Å²) in [5.74, 6) is -0.386. The molecule has 15 heteroatoms. The van der Waals surface area contributed by atoms with Crippen molar-refractivity contribution in [1.29, 1.82) is 0 Å². The highest BCUT2D eigenvalue weighted by Crippen LogP contribution is 2.54. The highest BCUT2D eigenvalue weighted by atomic mass is 32.2. The minimum absolute atomic E-state index is 0.0206. The highest BCUT2D eigenvalue weighted by molar-refractivity contribution is 7.86. The highest BCUT2D eigenvalue weighted by Gasteiger charge is 2.69. The van der Waals surface area contributed by atoms with E-state index < -0.39 is 54.7 Å². The number of fused-ring (bicyclic) bond motifs is 4. The SMILES string of the molecule is C=C1C[C@H](OS(=O)(=O)c2ccc(C)cc2)CC[C@@]23C[C@H]4O[C@H]5C(O2)[C@H]2O[C@H](CC[C@@H]2O[C@H]5C4O3)CC(=O)C[C@H]2C(C[C@H]3OC(CC[C@@H]1O)C[C@@H](C)C3=C)O[C@H](C[C@H](C)CO[Si](C)(C)C(C)(C)C)[C@@H]2C. The Labute approximate surface area is 413 Å². The lowest BCUT2D eigenvalue weighted by molar-refractivity contribution is -0.292. The number of hydrogen-bond donors (Lipinski definition) is 1. The van der Waals surface area contributed by atoms with E-state index in [0.29, 0.717) is 57.1 Å². The van der Waals surface area contributed by atoms with Crippen LogP contribution in [0.25, 0.3) is 0 Å². The maximum absolute atomic E-state index is 14.5. The summed E-state index contributed by atoms with van der Waals surface area (Å²) in [5.41, 5.74) is 2.45. The molecule has 4 unspecified atom stereocenters. The molecule has 9 fully saturated rings. The molecule has 1 aromatic rings. The van der Waals surface area contributed by atoms with Gasteiger partial charge >= 0.3 is 0 Å². The zero-order valence-corrected chi connectivity index (χ0v) is 44.6. The Balaban J connectivity index is 0.977. The Bertz CT molecular complexity index is 2140. The summed E-state index contributed by atoms with van der Waals surface area (Å²) < 4.78 is 88.6. The Morgan fingerprint density at radius 1 is 0.826 bits per heavy atom. The molecular weight excluding hydrogens is 917 g/mol. The number of ketones is 1. The van der Waals surface area contributed by atoms with E-state index in [4.69, 9.17) is 41.8 Å². The maximum atomic E-state index is 14.5. The summed E-state index contributed by atoms with van der Waals surface area (Å²) in [6.07, 6.45) is 0.939. The van der Waals surface area contributed by atoms with Crippen LogP contribution in [0.1, 0.15) is 131 Å². The number of carbonyl (C=O) groups is 1. The van der Waals surface area contributed by atoms with Crippen molar-refractivity contribution in [2.45, 2.75) is 246 Å². The van der Waals surface area contributed by atoms with E-state index in [1.54, 1.807) is 24.3 Å². The van der Waals surface area contributed by atoms with Crippen molar-refractivity contribution in [3.05, 3.63) is 54.1 Å². The minimum Gasteiger partial charge on any atom is -0.417 e. The van der Waals surface area contributed by atoms with Gasteiger partial charge in [0.05, 0.1) is 59.8 Å². The molecule has 1 spiro atoms. The van der Waals surface area contributed by atoms with Crippen LogP contribution in [-0.4, -0.2) is 125 Å². The number of Topliss-reactive ketones (excluding diaryl/α,β-unsaturated/α-hetero) is 1. The second kappa shape index (κ2) is 20.1. The van der Waals surface area contributed by atoms with E-state index in [2.05, 4.69) is 67.8 Å². The first-order valence-corrected chi connectivity index (χ1v) is 30.6. The third kappa shape index (κ3) is 11.0. The molecule has 0 aromatic heterocycles. The van der Waals surface area contributed by atoms with Crippen molar-refractivity contribution < 1.29 is 60.1 Å². The molecule has 1 N–H and O–H groups in total. The third-order valence-electron chi connectivity index (χ3n) is 17.8. The molecule has 10 rings (SSSR count). The zero-order valence-electron chi connectivity index (χ0n) is 42.8. The molecule has 69 heavy (non-hydrogen) atoms. The normalized spacial score (nSPS) is 42.7. The van der Waals surface area contributed by atoms with E-state index in [0.717, 1.165) is 30.4 Å². The second-order valence-corrected chi connectivity index (χ2v) is 30.5. The fourth-order valence-corrected chi connectivity index (χ4v) is 14.7. The quantitative estimate of drug-likeness (QED) is 0.150. The van der Waals surface area contributed by atoms with E-state index in [1.807, 2.05) is 6.92 Å². The van der Waals surface area contributed by atoms with Crippen molar-refractivity contribution in [2.75, 3.05) is 6.61 Å². The van der Waals surface area contributed by atoms with Crippen molar-refractivity contribution in [1.82, 2.24) is 0 Å². The largest absolute Gasteiger partial charge is 0.417 e. The molecule has 10 bridgehead atoms. The molecule has 9 aliphatic rings. The van der Waals surface area contributed by atoms with Gasteiger partial charge in [0.1, 0.15) is 36.3 Å². The van der Waals surface area contributed by atoms with Crippen LogP contribution in [0.2, 0.25) is 18.1 Å². The number of benzene rings is 1. The van der Waals surface area contributed by atoms with Crippen molar-refractivity contribution >= 4 is 24.2 Å². The van der Waals surface area contributed by atoms with Crippen molar-refractivity contribution in [3.63, 3.8) is 0 Å². The minimum atomic E-state index is -4.19. The van der Waals surface area contributed by atoms with E-state index >= 15 is 0 Å². The van der Waals surface area contributed by atoms with Crippen LogP contribution in [0.4, 0.5) is 0 Å². The van der Waals surface area contributed by atoms with E-state index in [9.17, 15) is 18.3 Å². The van der Waals surface area contributed by atoms with Crippen LogP contribution >= 0.6 is 0 Å². The van der Waals surface area contributed by atoms with E-state index in [-0.39, 0.29) is 114 Å². The summed E-state index contributed by atoms with van der Waals surface area (Å²) in [6.45, 7) is 29.5. The third-order valence-corrected chi connectivity index (χ3v) is 23.7. The number of carbonyl (C=O) groups excluding carboxylic acids is 1. The van der Waals surface area contributed by atoms with Gasteiger partial charge in [-0.15, -0.1) is 0 Å². The molecule has 19 atom stereocenters. The van der Waals surface area contributed by atoms with Gasteiger partial charge in [0.15, 0.2) is 14.1 Å². The first kappa shape index (κ1) is 52.0. The topological polar surface area (TPSA) is 155 Å². The van der Waals surface area contributed by atoms with Gasteiger partial charge in [-0.05, 0) is 123 Å². The molecule has 0 aliphatic carbocycles. The molecule has 9 aliphatic heterocycles. The average Bonchev–Trinajstić information content (AvgIpc) is 3.82. The summed E-state index contributed by atoms with van der Waals surface area (Å²) >= 11 is 0. The van der Waals surface area contributed by atoms with Crippen LogP contribution in [0, 0.1) is 30.6 Å². The molecule has 9 saturated heterocycles. The fraction of sp³-hybridized carbons (Fsp3) is 0.796. The lowest BCUT2D eigenvalue weighted by Gasteiger charge is -2.47. The summed E-state index contributed by atoms with van der Waals surface area (Å²) in [4.78, 5) is 14.5. The molecule has 0 radical (unpaired) electrons. The van der Waals surface area contributed by atoms with Gasteiger partial charge in [-0.2, -0.15) is 8.42 Å². The standard InChI is InChI=1S/C54H82O13SSi/c1-30-12-16-40(17-13-30)68(57,58)67-39-20-21-54-28-47-49(65-54)50-51(64-47)52(66-54)48-43(63-50)19-15-38(61-48)25-36(55)26-41-35(6)44(22-31(2)29-59-69(10,11)53(7,8)9)62-46(41)27-45-34(5)32(3)23-37(60-45)14-18-42(56)33(4)24-39/h12-13,16-17,31-32,35,37-39,41-52,56H,4-5,14-15,18-29H2,1-3,6-11H3/t31-,32+,35+,37?,38+,39+,41+,42-,43-,44+,45+,46?,47+,48-,49?,50-,51+,52?,54-/m0/s1. The van der Waals surface area contributed by atoms with Gasteiger partial charge in [0.2, 0.25) is 0 Å². The van der Waals surface area contributed by atoms with Gasteiger partial charge in [-0.3, -0.25) is 8.98 Å². The lowest BCUT2D eigenvalue weighted by atomic mass is 9.78. The molecule has 0 amide bonds. The zero-order chi connectivity index (χ0) is 49.4. The number of aryl methyl sites for hydroxylation is 1. The smallest absolute Gasteiger partial charge is 0.297 e. The van der Waals surface area contributed by atoms with E-state index in [1.165, 1.54) is 0 Å². The summed E-state index contributed by atoms with van der Waals surface area (Å²) in [5, 5.41) is 11.8. The monoisotopic (exact) mass is 999 g/mol. The number of ether oxygens (including phenoxy) is 7. The summed E-state index contributed by atoms with van der Waals surface area (Å²) in [6, 6.07) is 6.59. The van der Waals surface area contributed by atoms with Crippen molar-refractivity contribution in [2.24, 2.45) is 23.7 Å². The number of rotatable bonds is 8. The lowest BCUT2D eigenvalue weighted by Crippen LogP contribution is -2.61. The van der Waals surface area contributed by atoms with Gasteiger partial charge in [0.25, 0.3) is 10.1 Å². The van der Waals surface area contributed by atoms with Crippen LogP contribution in [0.5, 0.6) is 0 Å². The number of aliphatic hydroxyl groups is 1. The fourth-order valence-electron chi connectivity index (χ4n) is 12.5. The van der Waals surface area contributed by atoms with Crippen LogP contribution < -0.4 is 0 Å². The molecule has 9 heterocycles. The Kier molecular flexibility index (Phi) is 15.2. The van der Waals surface area contributed by atoms with Crippen LogP contribution in [0.15, 0.2) is 53.5 Å².